The van der Waals surface area contributed by atoms with E-state index in [2.05, 4.69) is 51.5 Å². The van der Waals surface area contributed by atoms with Gasteiger partial charge in [-0.05, 0) is 62.6 Å². The third-order valence-corrected chi connectivity index (χ3v) is 5.95. The monoisotopic (exact) mass is 294 g/mol. The zero-order chi connectivity index (χ0) is 15.6. The average molecular weight is 295 g/mol. The van der Waals surface area contributed by atoms with Gasteiger partial charge in [0.05, 0.1) is 0 Å². The molecule has 0 saturated carbocycles. The Labute approximate surface area is 133 Å². The van der Waals surface area contributed by atoms with E-state index in [0.717, 1.165) is 23.8 Å². The molecule has 3 atom stereocenters. The predicted molar refractivity (Wildman–Crippen MR) is 92.6 cm³/mol. The molecule has 2 heteroatoms. The van der Waals surface area contributed by atoms with Gasteiger partial charge in [0.25, 0.3) is 0 Å². The Morgan fingerprint density at radius 1 is 1.05 bits per heavy atom. The normalized spacial score (nSPS) is 33.6. The Hall–Kier alpha value is -0.0800. The average Bonchev–Trinajstić information content (AvgIpc) is 2.37. The van der Waals surface area contributed by atoms with E-state index >= 15 is 0 Å². The van der Waals surface area contributed by atoms with Gasteiger partial charge in [-0.25, -0.2) is 0 Å². The van der Waals surface area contributed by atoms with Gasteiger partial charge in [-0.2, -0.15) is 0 Å². The van der Waals surface area contributed by atoms with Gasteiger partial charge < -0.3 is 4.90 Å². The lowest BCUT2D eigenvalue weighted by Crippen LogP contribution is -2.51. The molecule has 3 unspecified atom stereocenters. The summed E-state index contributed by atoms with van der Waals surface area (Å²) >= 11 is 0. The van der Waals surface area contributed by atoms with Crippen molar-refractivity contribution in [3.05, 3.63) is 0 Å². The summed E-state index contributed by atoms with van der Waals surface area (Å²) in [5.41, 5.74) is 0.453. The maximum atomic E-state index is 2.84. The zero-order valence-electron chi connectivity index (χ0n) is 15.4. The lowest BCUT2D eigenvalue weighted by molar-refractivity contribution is 0.0129. The molecule has 2 fully saturated rings. The van der Waals surface area contributed by atoms with Gasteiger partial charge in [-0.1, -0.05) is 41.0 Å². The second-order valence-corrected chi connectivity index (χ2v) is 9.09. The molecular formula is C19H38N2. The molecule has 2 nitrogen and oxygen atoms in total. The first-order valence-electron chi connectivity index (χ1n) is 9.21. The van der Waals surface area contributed by atoms with Crippen LogP contribution in [-0.2, 0) is 0 Å². The number of rotatable bonds is 3. The Morgan fingerprint density at radius 3 is 2.38 bits per heavy atom. The molecule has 0 bridgehead atoms. The fourth-order valence-electron chi connectivity index (χ4n) is 4.84. The molecule has 0 aromatic heterocycles. The maximum Gasteiger partial charge on any atom is 0.0118 e. The molecule has 124 valence electrons. The first kappa shape index (κ1) is 17.3. The molecule has 0 aliphatic carbocycles. The third-order valence-electron chi connectivity index (χ3n) is 5.95. The summed E-state index contributed by atoms with van der Waals surface area (Å²) in [4.78, 5) is 5.40. The first-order valence-corrected chi connectivity index (χ1v) is 9.21. The van der Waals surface area contributed by atoms with E-state index in [1.807, 2.05) is 0 Å². The highest BCUT2D eigenvalue weighted by atomic mass is 15.2. The van der Waals surface area contributed by atoms with E-state index in [1.54, 1.807) is 0 Å². The van der Waals surface area contributed by atoms with Crippen LogP contribution in [0.25, 0.3) is 0 Å². The van der Waals surface area contributed by atoms with Gasteiger partial charge in [0.1, 0.15) is 0 Å². The van der Waals surface area contributed by atoms with Crippen LogP contribution >= 0.6 is 0 Å². The van der Waals surface area contributed by atoms with Gasteiger partial charge in [0, 0.05) is 19.1 Å². The minimum Gasteiger partial charge on any atom is -0.306 e. The van der Waals surface area contributed by atoms with Crippen LogP contribution in [0.5, 0.6) is 0 Å². The second-order valence-electron chi connectivity index (χ2n) is 9.09. The summed E-state index contributed by atoms with van der Waals surface area (Å²) in [5.74, 6) is 2.53. The highest BCUT2D eigenvalue weighted by molar-refractivity contribution is 4.90. The van der Waals surface area contributed by atoms with Crippen LogP contribution < -0.4 is 0 Å². The van der Waals surface area contributed by atoms with E-state index in [-0.39, 0.29) is 0 Å². The third kappa shape index (κ3) is 4.45. The van der Waals surface area contributed by atoms with Crippen molar-refractivity contribution in [3.8, 4) is 0 Å². The van der Waals surface area contributed by atoms with Crippen molar-refractivity contribution in [2.45, 2.75) is 66.3 Å². The van der Waals surface area contributed by atoms with Gasteiger partial charge >= 0.3 is 0 Å². The molecule has 0 aromatic rings. The largest absolute Gasteiger partial charge is 0.306 e. The number of hydrogen-bond donors (Lipinski definition) is 0. The number of nitrogens with zero attached hydrogens (tertiary/aromatic N) is 2. The maximum absolute atomic E-state index is 2.84. The topological polar surface area (TPSA) is 6.48 Å². The highest BCUT2D eigenvalue weighted by Crippen LogP contribution is 2.39. The van der Waals surface area contributed by atoms with Crippen LogP contribution in [0.1, 0.15) is 60.3 Å². The number of piperidine rings is 2. The molecule has 0 amide bonds. The van der Waals surface area contributed by atoms with Crippen molar-refractivity contribution >= 4 is 0 Å². The minimum atomic E-state index is 0.453. The molecule has 0 radical (unpaired) electrons. The summed E-state index contributed by atoms with van der Waals surface area (Å²) in [7, 11) is 2.31. The summed E-state index contributed by atoms with van der Waals surface area (Å²) in [6.07, 6.45) is 5.64. The molecule has 2 heterocycles. The fraction of sp³-hybridized carbons (Fsp3) is 1.00. The molecule has 0 N–H and O–H groups in total. The van der Waals surface area contributed by atoms with Crippen molar-refractivity contribution < 1.29 is 0 Å². The van der Waals surface area contributed by atoms with Crippen LogP contribution in [0.15, 0.2) is 0 Å². The SMILES string of the molecule is CC(C)C1CCCCN1CC1CN(C)CCC1C(C)(C)C. The van der Waals surface area contributed by atoms with Gasteiger partial charge in [0.15, 0.2) is 0 Å². The van der Waals surface area contributed by atoms with Gasteiger partial charge in [0.2, 0.25) is 0 Å². The van der Waals surface area contributed by atoms with Gasteiger partial charge in [-0.3, -0.25) is 4.90 Å². The zero-order valence-corrected chi connectivity index (χ0v) is 15.4. The van der Waals surface area contributed by atoms with Crippen LogP contribution in [0.2, 0.25) is 0 Å². The van der Waals surface area contributed by atoms with Crippen LogP contribution in [0, 0.1) is 23.2 Å². The fourth-order valence-corrected chi connectivity index (χ4v) is 4.84. The van der Waals surface area contributed by atoms with Crippen molar-refractivity contribution in [1.82, 2.24) is 9.80 Å². The van der Waals surface area contributed by atoms with Crippen LogP contribution in [0.3, 0.4) is 0 Å². The van der Waals surface area contributed by atoms with E-state index in [9.17, 15) is 0 Å². The smallest absolute Gasteiger partial charge is 0.0118 e. The Morgan fingerprint density at radius 2 is 1.76 bits per heavy atom. The molecule has 2 saturated heterocycles. The van der Waals surface area contributed by atoms with Crippen LogP contribution in [-0.4, -0.2) is 49.1 Å². The minimum absolute atomic E-state index is 0.453. The molecule has 21 heavy (non-hydrogen) atoms. The van der Waals surface area contributed by atoms with Crippen molar-refractivity contribution in [1.29, 1.82) is 0 Å². The molecule has 2 aliphatic heterocycles. The lowest BCUT2D eigenvalue weighted by Gasteiger charge is -2.48. The standard InChI is InChI=1S/C19H38N2/c1-15(2)18-9-7-8-11-21(18)14-16-13-20(6)12-10-17(16)19(3,4)5/h15-18H,7-14H2,1-6H3. The quantitative estimate of drug-likeness (QED) is 0.773. The summed E-state index contributed by atoms with van der Waals surface area (Å²) in [6, 6.07) is 0.826. The Bertz CT molecular complexity index is 318. The van der Waals surface area contributed by atoms with Crippen molar-refractivity contribution in [2.24, 2.45) is 23.2 Å². The molecule has 2 aliphatic rings. The molecule has 0 aromatic carbocycles. The van der Waals surface area contributed by atoms with Crippen molar-refractivity contribution in [3.63, 3.8) is 0 Å². The van der Waals surface area contributed by atoms with Crippen molar-refractivity contribution in [2.75, 3.05) is 33.2 Å². The number of hydrogen-bond acceptors (Lipinski definition) is 2. The summed E-state index contributed by atoms with van der Waals surface area (Å²) in [6.45, 7) is 17.4. The summed E-state index contributed by atoms with van der Waals surface area (Å²) in [5, 5.41) is 0. The van der Waals surface area contributed by atoms with E-state index in [1.165, 1.54) is 51.9 Å². The van der Waals surface area contributed by atoms with Gasteiger partial charge in [-0.15, -0.1) is 0 Å². The predicted octanol–water partition coefficient (Wildman–Crippen LogP) is 4.11. The molecule has 0 spiro atoms. The first-order chi connectivity index (χ1) is 9.79. The van der Waals surface area contributed by atoms with E-state index < -0.39 is 0 Å². The lowest BCUT2D eigenvalue weighted by atomic mass is 9.69. The second kappa shape index (κ2) is 7.00. The number of likely N-dealkylation sites (tertiary alicyclic amines) is 2. The van der Waals surface area contributed by atoms with E-state index in [4.69, 9.17) is 0 Å². The highest BCUT2D eigenvalue weighted by Gasteiger charge is 2.38. The Kier molecular flexibility index (Phi) is 5.76. The molecule has 2 rings (SSSR count). The molecular weight excluding hydrogens is 256 g/mol. The Balaban J connectivity index is 2.06. The van der Waals surface area contributed by atoms with E-state index in [0.29, 0.717) is 5.41 Å². The van der Waals surface area contributed by atoms with Crippen LogP contribution in [0.4, 0.5) is 0 Å². The summed E-state index contributed by atoms with van der Waals surface area (Å²) < 4.78 is 0.